The Morgan fingerprint density at radius 3 is 2.34 bits per heavy atom. The average Bonchev–Trinajstić information content (AvgIpc) is 3.41. The normalized spacial score (nSPS) is 22.3. The smallest absolute Gasteiger partial charge is 0.410 e. The van der Waals surface area contributed by atoms with Crippen molar-refractivity contribution in [2.45, 2.75) is 134 Å². The van der Waals surface area contributed by atoms with Gasteiger partial charge in [0.2, 0.25) is 11.8 Å². The lowest BCUT2D eigenvalue weighted by molar-refractivity contribution is -0.125. The third kappa shape index (κ3) is 7.22. The standard InChI is InChI=1S/C30H48N4O5SSi/c1-29(2,3)38-28(36)34(7)19-11-13-20(14-12-19)37-26-24-23-18(10-15-22(23)40-27(24)33-17-32-26)16-21(25(31)35)39-41(8,9)30(4,5)6/h17-21H,10-16H2,1-9H3,(H2,31,35)/t18-,19?,20?,21-/m1/s1. The maximum Gasteiger partial charge on any atom is 0.410 e. The van der Waals surface area contributed by atoms with E-state index in [-0.39, 0.29) is 29.2 Å². The van der Waals surface area contributed by atoms with Crippen molar-refractivity contribution in [3.05, 3.63) is 16.8 Å². The van der Waals surface area contributed by atoms with Crippen molar-refractivity contribution in [2.75, 3.05) is 7.05 Å². The number of aryl methyl sites for hydroxylation is 1. The van der Waals surface area contributed by atoms with E-state index >= 15 is 0 Å². The van der Waals surface area contributed by atoms with Crippen LogP contribution in [0, 0.1) is 0 Å². The summed E-state index contributed by atoms with van der Waals surface area (Å²) >= 11 is 1.69. The molecular formula is C30H48N4O5SSi. The first kappa shape index (κ1) is 31.7. The van der Waals surface area contributed by atoms with Crippen LogP contribution in [-0.4, -0.2) is 66.1 Å². The molecule has 0 radical (unpaired) electrons. The number of carbonyl (C=O) groups excluding carboxylic acids is 2. The molecule has 2 amide bonds. The van der Waals surface area contributed by atoms with Crippen molar-refractivity contribution in [3.63, 3.8) is 0 Å². The summed E-state index contributed by atoms with van der Waals surface area (Å²) in [5.74, 6) is 0.348. The van der Waals surface area contributed by atoms with Crippen LogP contribution in [0.2, 0.25) is 18.1 Å². The largest absolute Gasteiger partial charge is 0.474 e. The van der Waals surface area contributed by atoms with Crippen molar-refractivity contribution in [3.8, 4) is 5.88 Å². The first-order valence-electron chi connectivity index (χ1n) is 14.8. The Labute approximate surface area is 249 Å². The molecule has 4 rings (SSSR count). The fraction of sp³-hybridized carbons (Fsp3) is 0.733. The zero-order valence-corrected chi connectivity index (χ0v) is 28.0. The van der Waals surface area contributed by atoms with Crippen LogP contribution in [0.15, 0.2) is 6.33 Å². The molecule has 1 fully saturated rings. The average molecular weight is 605 g/mol. The maximum absolute atomic E-state index is 12.6. The van der Waals surface area contributed by atoms with Gasteiger partial charge < -0.3 is 24.5 Å². The number of hydrogen-bond acceptors (Lipinski definition) is 8. The fourth-order valence-electron chi connectivity index (χ4n) is 5.57. The molecule has 0 aliphatic heterocycles. The molecule has 9 nitrogen and oxygen atoms in total. The van der Waals surface area contributed by atoms with E-state index in [2.05, 4.69) is 43.8 Å². The van der Waals surface area contributed by atoms with Crippen LogP contribution in [0.1, 0.15) is 96.4 Å². The molecule has 2 N–H and O–H groups in total. The van der Waals surface area contributed by atoms with Crippen molar-refractivity contribution >= 4 is 41.9 Å². The number of primary amides is 1. The second-order valence-electron chi connectivity index (χ2n) is 14.2. The van der Waals surface area contributed by atoms with E-state index in [0.29, 0.717) is 12.3 Å². The number of carbonyl (C=O) groups is 2. The summed E-state index contributed by atoms with van der Waals surface area (Å²) in [6.07, 6.45) is 6.42. The number of ether oxygens (including phenoxy) is 2. The number of nitrogens with two attached hydrogens (primary N) is 1. The lowest BCUT2D eigenvalue weighted by atomic mass is 9.92. The number of nitrogens with zero attached hydrogens (tertiary/aromatic N) is 3. The highest BCUT2D eigenvalue weighted by Crippen LogP contribution is 2.48. The third-order valence-corrected chi connectivity index (χ3v) is 14.6. The van der Waals surface area contributed by atoms with Crippen LogP contribution in [0.4, 0.5) is 4.79 Å². The van der Waals surface area contributed by atoms with Gasteiger partial charge >= 0.3 is 6.09 Å². The summed E-state index contributed by atoms with van der Waals surface area (Å²) in [6, 6.07) is 0.122. The van der Waals surface area contributed by atoms with Gasteiger partial charge in [0.15, 0.2) is 8.32 Å². The van der Waals surface area contributed by atoms with Crippen LogP contribution in [0.5, 0.6) is 5.88 Å². The van der Waals surface area contributed by atoms with Gasteiger partial charge in [0.05, 0.1) is 5.39 Å². The molecular weight excluding hydrogens is 557 g/mol. The van der Waals surface area contributed by atoms with E-state index < -0.39 is 25.9 Å². The molecule has 2 aliphatic carbocycles. The molecule has 0 saturated heterocycles. The summed E-state index contributed by atoms with van der Waals surface area (Å²) in [5.41, 5.74) is 6.57. The minimum atomic E-state index is -2.19. The van der Waals surface area contributed by atoms with E-state index in [1.165, 1.54) is 10.4 Å². The van der Waals surface area contributed by atoms with Crippen LogP contribution < -0.4 is 10.5 Å². The fourth-order valence-corrected chi connectivity index (χ4v) is 8.08. The predicted molar refractivity (Wildman–Crippen MR) is 165 cm³/mol. The molecule has 0 unspecified atom stereocenters. The molecule has 0 aromatic carbocycles. The molecule has 11 heteroatoms. The lowest BCUT2D eigenvalue weighted by Crippen LogP contribution is -2.48. The van der Waals surface area contributed by atoms with Gasteiger partial charge in [0.25, 0.3) is 0 Å². The first-order valence-corrected chi connectivity index (χ1v) is 18.5. The number of hydrogen-bond donors (Lipinski definition) is 1. The highest BCUT2D eigenvalue weighted by molar-refractivity contribution is 7.19. The van der Waals surface area contributed by atoms with Gasteiger partial charge in [-0.25, -0.2) is 14.8 Å². The zero-order valence-electron chi connectivity index (χ0n) is 26.2. The number of fused-ring (bicyclic) bond motifs is 3. The Balaban J connectivity index is 1.48. The van der Waals surface area contributed by atoms with Crippen molar-refractivity contribution < 1.29 is 23.5 Å². The molecule has 2 atom stereocenters. The maximum atomic E-state index is 12.6. The summed E-state index contributed by atoms with van der Waals surface area (Å²) in [7, 11) is -0.369. The molecule has 0 bridgehead atoms. The molecule has 2 aromatic heterocycles. The van der Waals surface area contributed by atoms with Crippen LogP contribution >= 0.6 is 11.3 Å². The van der Waals surface area contributed by atoms with Crippen molar-refractivity contribution in [2.24, 2.45) is 5.73 Å². The second kappa shape index (κ2) is 11.8. The van der Waals surface area contributed by atoms with Gasteiger partial charge in [-0.05, 0) is 95.3 Å². The van der Waals surface area contributed by atoms with Crippen molar-refractivity contribution in [1.82, 2.24) is 14.9 Å². The minimum absolute atomic E-state index is 0.00655. The summed E-state index contributed by atoms with van der Waals surface area (Å²) in [6.45, 7) is 16.5. The molecule has 41 heavy (non-hydrogen) atoms. The Morgan fingerprint density at radius 1 is 1.10 bits per heavy atom. The van der Waals surface area contributed by atoms with Crippen LogP contribution in [-0.2, 0) is 20.4 Å². The van der Waals surface area contributed by atoms with Gasteiger partial charge in [0, 0.05) is 18.0 Å². The van der Waals surface area contributed by atoms with Gasteiger partial charge in [-0.3, -0.25) is 4.79 Å². The Bertz CT molecular complexity index is 1260. The van der Waals surface area contributed by atoms with E-state index in [1.807, 2.05) is 27.8 Å². The molecule has 2 heterocycles. The SMILES string of the molecule is CN(C(=O)OC(C)(C)C)C1CCC(Oc2ncnc3sc4c(c23)[C@@H](C[C@@H](O[Si](C)(C)C(C)(C)C)C(N)=O)CC4)CC1. The number of amides is 2. The molecule has 2 aromatic rings. The minimum Gasteiger partial charge on any atom is -0.474 e. The zero-order chi connectivity index (χ0) is 30.3. The summed E-state index contributed by atoms with van der Waals surface area (Å²) in [4.78, 5) is 38.2. The van der Waals surface area contributed by atoms with E-state index in [4.69, 9.17) is 19.6 Å². The Kier molecular flexibility index (Phi) is 9.12. The Hall–Kier alpha value is -2.24. The number of aromatic nitrogens is 2. The lowest BCUT2D eigenvalue weighted by Gasteiger charge is -2.39. The van der Waals surface area contributed by atoms with Crippen LogP contribution in [0.3, 0.4) is 0 Å². The molecule has 228 valence electrons. The predicted octanol–water partition coefficient (Wildman–Crippen LogP) is 6.54. The van der Waals surface area contributed by atoms with E-state index in [9.17, 15) is 9.59 Å². The molecule has 1 saturated carbocycles. The highest BCUT2D eigenvalue weighted by Gasteiger charge is 2.42. The van der Waals surface area contributed by atoms with Crippen LogP contribution in [0.25, 0.3) is 10.2 Å². The summed E-state index contributed by atoms with van der Waals surface area (Å²) in [5, 5.41) is 0.949. The highest BCUT2D eigenvalue weighted by atomic mass is 32.1. The number of thiophene rings is 1. The third-order valence-electron chi connectivity index (χ3n) is 8.91. The monoisotopic (exact) mass is 604 g/mol. The van der Waals surface area contributed by atoms with Gasteiger partial charge in [0.1, 0.15) is 29.0 Å². The quantitative estimate of drug-likeness (QED) is 0.340. The second-order valence-corrected chi connectivity index (χ2v) is 20.0. The topological polar surface area (TPSA) is 117 Å². The van der Waals surface area contributed by atoms with E-state index in [1.54, 1.807) is 22.6 Å². The summed E-state index contributed by atoms with van der Waals surface area (Å²) < 4.78 is 18.6. The van der Waals surface area contributed by atoms with Gasteiger partial charge in [-0.2, -0.15) is 0 Å². The Morgan fingerprint density at radius 2 is 1.76 bits per heavy atom. The first-order chi connectivity index (χ1) is 19.0. The molecule has 2 aliphatic rings. The van der Waals surface area contributed by atoms with E-state index in [0.717, 1.165) is 48.7 Å². The molecule has 0 spiro atoms. The van der Waals surface area contributed by atoms with Gasteiger partial charge in [-0.15, -0.1) is 11.3 Å². The van der Waals surface area contributed by atoms with Gasteiger partial charge in [-0.1, -0.05) is 20.8 Å². The number of rotatable bonds is 8. The van der Waals surface area contributed by atoms with Crippen molar-refractivity contribution in [1.29, 1.82) is 0 Å².